The van der Waals surface area contributed by atoms with Crippen molar-refractivity contribution < 1.29 is 49.1 Å². The first-order chi connectivity index (χ1) is 12.2. The summed E-state index contributed by atoms with van der Waals surface area (Å²) < 4.78 is 5.03. The predicted octanol–water partition coefficient (Wildman–Crippen LogP) is -2.94. The second-order valence-corrected chi connectivity index (χ2v) is 6.45. The first-order valence-electron chi connectivity index (χ1n) is 7.93. The van der Waals surface area contributed by atoms with Crippen LogP contribution in [0.1, 0.15) is 34.6 Å². The SMILES string of the molecule is CC(=O)N(C(C)=O)[C@@]1(C(C)=O)C(O)(C(C)=O)O[C@H](CO)[C@@H](O)[C@@]1(O)C(C)=O. The third-order valence-corrected chi connectivity index (χ3v) is 4.81. The van der Waals surface area contributed by atoms with Crippen LogP contribution in [0.4, 0.5) is 0 Å². The molecule has 2 amide bonds. The van der Waals surface area contributed by atoms with Gasteiger partial charge in [-0.1, -0.05) is 0 Å². The van der Waals surface area contributed by atoms with Crippen LogP contribution in [0.15, 0.2) is 0 Å². The monoisotopic (exact) mass is 389 g/mol. The maximum Gasteiger partial charge on any atom is 0.262 e. The fourth-order valence-electron chi connectivity index (χ4n) is 3.73. The molecular weight excluding hydrogens is 366 g/mol. The molecule has 152 valence electrons. The summed E-state index contributed by atoms with van der Waals surface area (Å²) >= 11 is 0. The lowest BCUT2D eigenvalue weighted by Gasteiger charge is -2.60. The van der Waals surface area contributed by atoms with Gasteiger partial charge in [0.2, 0.25) is 17.4 Å². The Bertz CT molecular complexity index is 691. The minimum Gasteiger partial charge on any atom is -0.394 e. The quantitative estimate of drug-likeness (QED) is 0.380. The third-order valence-electron chi connectivity index (χ3n) is 4.81. The second kappa shape index (κ2) is 7.17. The standard InChI is InChI=1S/C16H23NO10/c1-7(19)14(25)13(24)12(6-18)27-16(26,9(3)21)15(14,8(2)20)17(10(4)22)11(5)23/h12-13,18,24-26H,6H2,1-5H3/t12-,13-,14+,15-,16?/m1/s1. The first kappa shape index (κ1) is 23.0. The predicted molar refractivity (Wildman–Crippen MR) is 85.8 cm³/mol. The average Bonchev–Trinajstić information content (AvgIpc) is 2.53. The molecule has 0 aromatic carbocycles. The molecule has 0 aromatic rings. The molecule has 0 radical (unpaired) electrons. The molecule has 11 heteroatoms. The summed E-state index contributed by atoms with van der Waals surface area (Å²) in [6.07, 6.45) is -4.26. The van der Waals surface area contributed by atoms with Gasteiger partial charge in [-0.3, -0.25) is 28.9 Å². The van der Waals surface area contributed by atoms with Gasteiger partial charge >= 0.3 is 0 Å². The fraction of sp³-hybridized carbons (Fsp3) is 0.688. The van der Waals surface area contributed by atoms with E-state index in [1.807, 2.05) is 0 Å². The molecule has 1 heterocycles. The summed E-state index contributed by atoms with van der Waals surface area (Å²) in [5.41, 5.74) is -6.69. The highest BCUT2D eigenvalue weighted by molar-refractivity contribution is 6.11. The summed E-state index contributed by atoms with van der Waals surface area (Å²) in [6, 6.07) is 0. The minimum absolute atomic E-state index is 0.0228. The van der Waals surface area contributed by atoms with E-state index >= 15 is 0 Å². The number of Topliss-reactive ketones (excluding diaryl/α,β-unsaturated/α-hetero) is 3. The van der Waals surface area contributed by atoms with Crippen LogP contribution < -0.4 is 0 Å². The smallest absolute Gasteiger partial charge is 0.262 e. The van der Waals surface area contributed by atoms with E-state index in [4.69, 9.17) is 4.74 Å². The number of carbonyl (C=O) groups is 5. The summed E-state index contributed by atoms with van der Waals surface area (Å²) in [6.45, 7) is 2.66. The third kappa shape index (κ3) is 2.74. The molecule has 1 rings (SSSR count). The van der Waals surface area contributed by atoms with Gasteiger partial charge in [0.15, 0.2) is 23.0 Å². The minimum atomic E-state index is -3.43. The zero-order chi connectivity index (χ0) is 21.5. The Morgan fingerprint density at radius 2 is 1.33 bits per heavy atom. The van der Waals surface area contributed by atoms with Crippen molar-refractivity contribution >= 4 is 29.2 Å². The van der Waals surface area contributed by atoms with Gasteiger partial charge in [-0.05, 0) is 13.8 Å². The Hall–Kier alpha value is -2.05. The van der Waals surface area contributed by atoms with E-state index in [0.29, 0.717) is 6.92 Å². The number of aliphatic hydroxyl groups excluding tert-OH is 2. The number of rotatable bonds is 5. The van der Waals surface area contributed by atoms with Crippen LogP contribution in [0.3, 0.4) is 0 Å². The molecular formula is C16H23NO10. The molecule has 27 heavy (non-hydrogen) atoms. The van der Waals surface area contributed by atoms with Crippen molar-refractivity contribution in [1.29, 1.82) is 0 Å². The Morgan fingerprint density at radius 3 is 1.59 bits per heavy atom. The van der Waals surface area contributed by atoms with Crippen molar-refractivity contribution in [2.45, 2.75) is 63.8 Å². The lowest BCUT2D eigenvalue weighted by Crippen LogP contribution is -2.90. The highest BCUT2D eigenvalue weighted by Crippen LogP contribution is 2.49. The second-order valence-electron chi connectivity index (χ2n) is 6.45. The summed E-state index contributed by atoms with van der Waals surface area (Å²) in [5, 5.41) is 42.1. The Balaban J connectivity index is 4.24. The van der Waals surface area contributed by atoms with Crippen LogP contribution in [-0.2, 0) is 28.7 Å². The van der Waals surface area contributed by atoms with E-state index in [9.17, 15) is 44.4 Å². The van der Waals surface area contributed by atoms with E-state index in [-0.39, 0.29) is 4.90 Å². The molecule has 0 spiro atoms. The van der Waals surface area contributed by atoms with Crippen LogP contribution in [0.25, 0.3) is 0 Å². The number of ether oxygens (including phenoxy) is 1. The molecule has 5 atom stereocenters. The highest BCUT2D eigenvalue weighted by atomic mass is 16.7. The molecule has 0 bridgehead atoms. The number of amides is 2. The van der Waals surface area contributed by atoms with E-state index in [2.05, 4.69) is 0 Å². The number of nitrogens with zero attached hydrogens (tertiary/aromatic N) is 1. The van der Waals surface area contributed by atoms with Crippen molar-refractivity contribution in [3.05, 3.63) is 0 Å². The Labute approximate surface area is 154 Å². The van der Waals surface area contributed by atoms with Gasteiger partial charge in [0.1, 0.15) is 12.2 Å². The van der Waals surface area contributed by atoms with Gasteiger partial charge in [-0.25, -0.2) is 0 Å². The maximum absolute atomic E-state index is 12.7. The lowest BCUT2D eigenvalue weighted by molar-refractivity contribution is -0.351. The molecule has 0 saturated carbocycles. The average molecular weight is 389 g/mol. The molecule has 1 fully saturated rings. The highest BCUT2D eigenvalue weighted by Gasteiger charge is 2.81. The Kier molecular flexibility index (Phi) is 6.10. The summed E-state index contributed by atoms with van der Waals surface area (Å²) in [7, 11) is 0. The van der Waals surface area contributed by atoms with E-state index < -0.39 is 64.9 Å². The van der Waals surface area contributed by atoms with Crippen molar-refractivity contribution in [1.82, 2.24) is 4.90 Å². The van der Waals surface area contributed by atoms with E-state index in [1.54, 1.807) is 0 Å². The lowest BCUT2D eigenvalue weighted by atomic mass is 9.61. The van der Waals surface area contributed by atoms with E-state index in [1.165, 1.54) is 0 Å². The van der Waals surface area contributed by atoms with Gasteiger partial charge in [0, 0.05) is 20.8 Å². The van der Waals surface area contributed by atoms with Crippen molar-refractivity contribution in [2.24, 2.45) is 0 Å². The zero-order valence-corrected chi connectivity index (χ0v) is 15.5. The van der Waals surface area contributed by atoms with Crippen LogP contribution in [0.2, 0.25) is 0 Å². The van der Waals surface area contributed by atoms with Crippen LogP contribution in [0, 0.1) is 0 Å². The molecule has 0 aromatic heterocycles. The molecule has 1 aliphatic rings. The number of aliphatic hydroxyl groups is 4. The van der Waals surface area contributed by atoms with Crippen molar-refractivity contribution in [3.63, 3.8) is 0 Å². The van der Waals surface area contributed by atoms with Gasteiger partial charge in [-0.2, -0.15) is 0 Å². The molecule has 1 saturated heterocycles. The number of hydrogen-bond donors (Lipinski definition) is 4. The van der Waals surface area contributed by atoms with Crippen molar-refractivity contribution in [2.75, 3.05) is 6.61 Å². The largest absolute Gasteiger partial charge is 0.394 e. The molecule has 1 unspecified atom stereocenters. The van der Waals surface area contributed by atoms with Crippen LogP contribution in [0.5, 0.6) is 0 Å². The molecule has 0 aliphatic carbocycles. The summed E-state index contributed by atoms with van der Waals surface area (Å²) in [5.74, 6) is -9.93. The van der Waals surface area contributed by atoms with Gasteiger partial charge < -0.3 is 25.2 Å². The zero-order valence-electron chi connectivity index (χ0n) is 15.5. The molecule has 4 N–H and O–H groups in total. The first-order valence-corrected chi connectivity index (χ1v) is 7.93. The fourth-order valence-corrected chi connectivity index (χ4v) is 3.73. The topological polar surface area (TPSA) is 179 Å². The number of ketones is 3. The van der Waals surface area contributed by atoms with Crippen molar-refractivity contribution in [3.8, 4) is 0 Å². The van der Waals surface area contributed by atoms with E-state index in [0.717, 1.165) is 27.7 Å². The number of carbonyl (C=O) groups excluding carboxylic acids is 5. The Morgan fingerprint density at radius 1 is 0.889 bits per heavy atom. The number of hydrogen-bond acceptors (Lipinski definition) is 10. The van der Waals surface area contributed by atoms with Gasteiger partial charge in [-0.15, -0.1) is 0 Å². The normalized spacial score (nSPS) is 36.0. The van der Waals surface area contributed by atoms with Gasteiger partial charge in [0.05, 0.1) is 6.61 Å². The van der Waals surface area contributed by atoms with Gasteiger partial charge in [0.25, 0.3) is 5.79 Å². The number of imide groups is 1. The summed E-state index contributed by atoms with van der Waals surface area (Å²) in [4.78, 5) is 61.8. The van der Waals surface area contributed by atoms with Crippen LogP contribution in [-0.4, -0.2) is 90.2 Å². The molecule has 1 aliphatic heterocycles. The maximum atomic E-state index is 12.7. The molecule has 11 nitrogen and oxygen atoms in total. The van der Waals surface area contributed by atoms with Crippen LogP contribution >= 0.6 is 0 Å².